The molecule has 172 valence electrons. The summed E-state index contributed by atoms with van der Waals surface area (Å²) in [5.74, 6) is -0.991. The SMILES string of the molecule is CNS(=O)(=O)c1ccc(-c2cncc3cc(C=C4SC(=S)NC4=O)oc23)cc1OC(F)(F)F. The van der Waals surface area contributed by atoms with Crippen LogP contribution >= 0.6 is 24.0 Å². The second-order valence-corrected chi connectivity index (χ2v) is 10.1. The number of alkyl halides is 3. The number of furan rings is 1. The summed E-state index contributed by atoms with van der Waals surface area (Å²) in [6, 6.07) is 4.84. The first-order valence-corrected chi connectivity index (χ1v) is 11.6. The average Bonchev–Trinajstić information content (AvgIpc) is 3.28. The fraction of sp³-hybridized carbons (Fsp3) is 0.105. The van der Waals surface area contributed by atoms with Crippen molar-refractivity contribution >= 4 is 61.3 Å². The van der Waals surface area contributed by atoms with E-state index in [0.717, 1.165) is 30.9 Å². The highest BCUT2D eigenvalue weighted by Crippen LogP contribution is 2.37. The normalized spacial score (nSPS) is 15.9. The Bertz CT molecular complexity index is 1430. The second-order valence-electron chi connectivity index (χ2n) is 6.52. The van der Waals surface area contributed by atoms with Crippen molar-refractivity contribution in [2.24, 2.45) is 0 Å². The fourth-order valence-electron chi connectivity index (χ4n) is 3.02. The van der Waals surface area contributed by atoms with Gasteiger partial charge in [0.25, 0.3) is 5.91 Å². The molecule has 0 atom stereocenters. The lowest BCUT2D eigenvalue weighted by Crippen LogP contribution is -2.23. The predicted molar refractivity (Wildman–Crippen MR) is 119 cm³/mol. The number of ether oxygens (including phenoxy) is 1. The van der Waals surface area contributed by atoms with Crippen LogP contribution in [0.4, 0.5) is 13.2 Å². The van der Waals surface area contributed by atoms with Crippen LogP contribution in [0.15, 0.2) is 50.9 Å². The molecule has 33 heavy (non-hydrogen) atoms. The van der Waals surface area contributed by atoms with Crippen molar-refractivity contribution in [2.75, 3.05) is 7.05 Å². The molecule has 0 bridgehead atoms. The molecule has 0 radical (unpaired) electrons. The zero-order valence-corrected chi connectivity index (χ0v) is 18.8. The molecule has 1 fully saturated rings. The first-order chi connectivity index (χ1) is 15.5. The number of carbonyl (C=O) groups excluding carboxylic acids is 1. The van der Waals surface area contributed by atoms with Gasteiger partial charge < -0.3 is 14.5 Å². The van der Waals surface area contributed by atoms with Gasteiger partial charge in [-0.2, -0.15) is 0 Å². The Morgan fingerprint density at radius 2 is 2.03 bits per heavy atom. The molecule has 1 aliphatic heterocycles. The predicted octanol–water partition coefficient (Wildman–Crippen LogP) is 3.79. The maximum Gasteiger partial charge on any atom is 0.573 e. The van der Waals surface area contributed by atoms with Crippen molar-refractivity contribution < 1.29 is 35.5 Å². The van der Waals surface area contributed by atoms with E-state index in [1.165, 1.54) is 24.5 Å². The number of pyridine rings is 1. The van der Waals surface area contributed by atoms with Gasteiger partial charge in [-0.05, 0) is 30.8 Å². The number of halogens is 3. The summed E-state index contributed by atoms with van der Waals surface area (Å²) >= 11 is 6.01. The molecule has 2 N–H and O–H groups in total. The number of aromatic nitrogens is 1. The molecule has 1 aliphatic rings. The summed E-state index contributed by atoms with van der Waals surface area (Å²) in [5, 5.41) is 2.99. The van der Waals surface area contributed by atoms with Crippen LogP contribution in [0.2, 0.25) is 0 Å². The van der Waals surface area contributed by atoms with Gasteiger partial charge >= 0.3 is 6.36 Å². The topological polar surface area (TPSA) is 111 Å². The van der Waals surface area contributed by atoms with Crippen LogP contribution in [-0.4, -0.2) is 37.0 Å². The second kappa shape index (κ2) is 8.44. The molecule has 0 saturated carbocycles. The molecular formula is C19H12F3N3O5S3. The minimum absolute atomic E-state index is 0.171. The lowest BCUT2D eigenvalue weighted by molar-refractivity contribution is -0.275. The number of thiocarbonyl (C=S) groups is 1. The maximum atomic E-state index is 12.9. The van der Waals surface area contributed by atoms with E-state index in [1.807, 2.05) is 4.72 Å². The molecule has 0 unspecified atom stereocenters. The van der Waals surface area contributed by atoms with E-state index in [4.69, 9.17) is 16.6 Å². The van der Waals surface area contributed by atoms with Gasteiger partial charge in [0.15, 0.2) is 0 Å². The third kappa shape index (κ3) is 4.88. The van der Waals surface area contributed by atoms with Crippen LogP contribution in [-0.2, 0) is 14.8 Å². The highest BCUT2D eigenvalue weighted by molar-refractivity contribution is 8.26. The van der Waals surface area contributed by atoms with Gasteiger partial charge in [-0.1, -0.05) is 30.0 Å². The fourth-order valence-corrected chi connectivity index (χ4v) is 4.88. The van der Waals surface area contributed by atoms with E-state index in [-0.39, 0.29) is 22.6 Å². The Balaban J connectivity index is 1.83. The van der Waals surface area contributed by atoms with Crippen LogP contribution in [0.3, 0.4) is 0 Å². The zero-order valence-electron chi connectivity index (χ0n) is 16.4. The number of rotatable bonds is 5. The zero-order chi connectivity index (χ0) is 24.0. The number of hydrogen-bond acceptors (Lipinski definition) is 8. The van der Waals surface area contributed by atoms with Crippen LogP contribution in [0.25, 0.3) is 28.2 Å². The smallest absolute Gasteiger partial charge is 0.456 e. The quantitative estimate of drug-likeness (QED) is 0.390. The first kappa shape index (κ1) is 23.2. The molecule has 0 aliphatic carbocycles. The summed E-state index contributed by atoms with van der Waals surface area (Å²) in [5.41, 5.74) is 0.728. The molecule has 1 saturated heterocycles. The number of hydrogen-bond donors (Lipinski definition) is 2. The van der Waals surface area contributed by atoms with E-state index < -0.39 is 27.0 Å². The van der Waals surface area contributed by atoms with E-state index >= 15 is 0 Å². The number of carbonyl (C=O) groups is 1. The van der Waals surface area contributed by atoms with E-state index in [0.29, 0.717) is 20.4 Å². The summed E-state index contributed by atoms with van der Waals surface area (Å²) in [4.78, 5) is 15.6. The lowest BCUT2D eigenvalue weighted by Gasteiger charge is -2.14. The van der Waals surface area contributed by atoms with Crippen LogP contribution in [0.1, 0.15) is 5.76 Å². The van der Waals surface area contributed by atoms with Crippen LogP contribution in [0, 0.1) is 0 Å². The minimum Gasteiger partial charge on any atom is -0.456 e. The Hall–Kier alpha value is -2.94. The Morgan fingerprint density at radius 3 is 2.67 bits per heavy atom. The number of fused-ring (bicyclic) bond motifs is 1. The van der Waals surface area contributed by atoms with E-state index in [1.54, 1.807) is 6.07 Å². The van der Waals surface area contributed by atoms with Crippen LogP contribution in [0.5, 0.6) is 5.75 Å². The molecule has 4 rings (SSSR count). The van der Waals surface area contributed by atoms with Crippen molar-refractivity contribution in [1.29, 1.82) is 0 Å². The van der Waals surface area contributed by atoms with Gasteiger partial charge in [-0.3, -0.25) is 9.78 Å². The average molecular weight is 516 g/mol. The number of amides is 1. The molecule has 14 heteroatoms. The monoisotopic (exact) mass is 515 g/mol. The first-order valence-electron chi connectivity index (χ1n) is 8.93. The van der Waals surface area contributed by atoms with Crippen molar-refractivity contribution in [2.45, 2.75) is 11.3 Å². The third-order valence-electron chi connectivity index (χ3n) is 4.40. The Kier molecular flexibility index (Phi) is 5.94. The summed E-state index contributed by atoms with van der Waals surface area (Å²) in [7, 11) is -3.17. The van der Waals surface area contributed by atoms with Crippen molar-refractivity contribution in [1.82, 2.24) is 15.0 Å². The van der Waals surface area contributed by atoms with Gasteiger partial charge in [0.1, 0.15) is 26.3 Å². The van der Waals surface area contributed by atoms with E-state index in [9.17, 15) is 26.4 Å². The maximum absolute atomic E-state index is 12.9. The summed E-state index contributed by atoms with van der Waals surface area (Å²) in [6.45, 7) is 0. The Labute approximate surface area is 194 Å². The van der Waals surface area contributed by atoms with Gasteiger partial charge in [0.2, 0.25) is 10.0 Å². The van der Waals surface area contributed by atoms with Gasteiger partial charge in [-0.15, -0.1) is 13.2 Å². The van der Waals surface area contributed by atoms with Crippen LogP contribution < -0.4 is 14.8 Å². The van der Waals surface area contributed by atoms with Crippen molar-refractivity contribution in [3.63, 3.8) is 0 Å². The van der Waals surface area contributed by atoms with Crippen molar-refractivity contribution in [3.05, 3.63) is 47.3 Å². The molecule has 3 aromatic rings. The number of nitrogens with zero attached hydrogens (tertiary/aromatic N) is 1. The molecular weight excluding hydrogens is 503 g/mol. The third-order valence-corrected chi connectivity index (χ3v) is 7.01. The van der Waals surface area contributed by atoms with Gasteiger partial charge in [0.05, 0.1) is 4.91 Å². The molecule has 2 aromatic heterocycles. The number of thioether (sulfide) groups is 1. The van der Waals surface area contributed by atoms with Gasteiger partial charge in [0, 0.05) is 29.4 Å². The van der Waals surface area contributed by atoms with Gasteiger partial charge in [-0.25, -0.2) is 13.1 Å². The summed E-state index contributed by atoms with van der Waals surface area (Å²) < 4.78 is 75.2. The van der Waals surface area contributed by atoms with E-state index in [2.05, 4.69) is 15.0 Å². The summed E-state index contributed by atoms with van der Waals surface area (Å²) in [6.07, 6.45) is -0.813. The van der Waals surface area contributed by atoms with Crippen molar-refractivity contribution in [3.8, 4) is 16.9 Å². The molecule has 3 heterocycles. The number of sulfonamides is 1. The molecule has 1 aromatic carbocycles. The molecule has 0 spiro atoms. The standard InChI is InChI=1S/C19H12F3N3O5S3/c1-23-33(27,28)15-3-2-9(5-13(15)30-19(20,21)22)12-8-24-7-10-4-11(29-16(10)12)6-14-17(26)25-18(31)32-14/h2-8,23H,1H3,(H,25,26,31). The highest BCUT2D eigenvalue weighted by atomic mass is 32.2. The molecule has 8 nitrogen and oxygen atoms in total. The Morgan fingerprint density at radius 1 is 1.27 bits per heavy atom. The minimum atomic E-state index is -5.12. The highest BCUT2D eigenvalue weighted by Gasteiger charge is 2.34. The number of nitrogens with one attached hydrogen (secondary N) is 2. The number of benzene rings is 1. The molecule has 1 amide bonds. The largest absolute Gasteiger partial charge is 0.573 e. The lowest BCUT2D eigenvalue weighted by atomic mass is 10.1.